The van der Waals surface area contributed by atoms with Crippen molar-refractivity contribution in [2.75, 3.05) is 12.8 Å². The molecule has 1 aliphatic rings. The van der Waals surface area contributed by atoms with Gasteiger partial charge in [-0.25, -0.2) is 0 Å². The third-order valence-corrected chi connectivity index (χ3v) is 5.47. The normalized spacial score (nSPS) is 17.2. The molecule has 1 aliphatic carbocycles. The van der Waals surface area contributed by atoms with Crippen molar-refractivity contribution in [3.63, 3.8) is 0 Å². The molecule has 1 amide bonds. The van der Waals surface area contributed by atoms with Crippen LogP contribution < -0.4 is 11.1 Å². The highest BCUT2D eigenvalue weighted by atomic mass is 32.2. The zero-order chi connectivity index (χ0) is 14.6. The monoisotopic (exact) mass is 308 g/mol. The molecule has 108 valence electrons. The fourth-order valence-corrected chi connectivity index (χ4v) is 3.05. The maximum Gasteiger partial charge on any atom is 0.230 e. The molecule has 3 nitrogen and oxygen atoms in total. The second-order valence-corrected chi connectivity index (χ2v) is 7.00. The minimum atomic E-state index is -0.426. The lowest BCUT2D eigenvalue weighted by molar-refractivity contribution is -0.123. The predicted octanol–water partition coefficient (Wildman–Crippen LogP) is 2.14. The van der Waals surface area contributed by atoms with E-state index in [1.54, 1.807) is 0 Å². The van der Waals surface area contributed by atoms with Crippen LogP contribution in [0.2, 0.25) is 0 Å². The van der Waals surface area contributed by atoms with Crippen LogP contribution in [0.15, 0.2) is 30.3 Å². The number of thioether (sulfide) groups is 1. The van der Waals surface area contributed by atoms with Crippen LogP contribution in [-0.2, 0) is 11.2 Å². The molecular weight excluding hydrogens is 288 g/mol. The largest absolute Gasteiger partial charge is 0.393 e. The molecule has 0 heterocycles. The van der Waals surface area contributed by atoms with Gasteiger partial charge in [0, 0.05) is 11.3 Å². The maximum atomic E-state index is 12.3. The van der Waals surface area contributed by atoms with Gasteiger partial charge in [0.15, 0.2) is 0 Å². The number of hydrogen-bond donors (Lipinski definition) is 2. The standard InChI is InChI=1S/C15H20N2OS2/c1-20-15(7-8-15)10-17-14(18)12(13(16)19)9-11-5-3-2-4-6-11/h2-6,12H,7-10H2,1H3,(H2,16,19)(H,17,18). The lowest BCUT2D eigenvalue weighted by Crippen LogP contribution is -2.42. The van der Waals surface area contributed by atoms with Crippen molar-refractivity contribution in [1.82, 2.24) is 5.32 Å². The van der Waals surface area contributed by atoms with E-state index in [9.17, 15) is 4.79 Å². The topological polar surface area (TPSA) is 55.1 Å². The Morgan fingerprint density at radius 2 is 2.10 bits per heavy atom. The number of hydrogen-bond acceptors (Lipinski definition) is 3. The number of nitrogens with two attached hydrogens (primary N) is 1. The summed E-state index contributed by atoms with van der Waals surface area (Å²) in [5.41, 5.74) is 6.81. The number of carbonyl (C=O) groups excluding carboxylic acids is 1. The van der Waals surface area contributed by atoms with Crippen LogP contribution >= 0.6 is 24.0 Å². The lowest BCUT2D eigenvalue weighted by atomic mass is 9.98. The van der Waals surface area contributed by atoms with Gasteiger partial charge in [-0.15, -0.1) is 0 Å². The molecule has 1 atom stereocenters. The third kappa shape index (κ3) is 3.96. The van der Waals surface area contributed by atoms with Crippen molar-refractivity contribution in [1.29, 1.82) is 0 Å². The molecule has 3 N–H and O–H groups in total. The summed E-state index contributed by atoms with van der Waals surface area (Å²) in [6, 6.07) is 9.84. The Kier molecular flexibility index (Phi) is 5.05. The lowest BCUT2D eigenvalue weighted by Gasteiger charge is -2.18. The maximum absolute atomic E-state index is 12.3. The van der Waals surface area contributed by atoms with Gasteiger partial charge in [-0.05, 0) is 31.1 Å². The molecular formula is C15H20N2OS2. The van der Waals surface area contributed by atoms with Gasteiger partial charge in [0.1, 0.15) is 0 Å². The average Bonchev–Trinajstić information content (AvgIpc) is 3.24. The first-order valence-corrected chi connectivity index (χ1v) is 8.36. The zero-order valence-electron chi connectivity index (χ0n) is 11.6. The first-order chi connectivity index (χ1) is 9.56. The summed E-state index contributed by atoms with van der Waals surface area (Å²) >= 11 is 6.88. The molecule has 20 heavy (non-hydrogen) atoms. The van der Waals surface area contributed by atoms with Crippen LogP contribution in [0.3, 0.4) is 0 Å². The smallest absolute Gasteiger partial charge is 0.230 e. The highest BCUT2D eigenvalue weighted by Gasteiger charge is 2.42. The van der Waals surface area contributed by atoms with E-state index < -0.39 is 5.92 Å². The second-order valence-electron chi connectivity index (χ2n) is 5.25. The van der Waals surface area contributed by atoms with Crippen molar-refractivity contribution in [3.8, 4) is 0 Å². The summed E-state index contributed by atoms with van der Waals surface area (Å²) in [6.45, 7) is 0.709. The zero-order valence-corrected chi connectivity index (χ0v) is 13.2. The molecule has 5 heteroatoms. The Hall–Kier alpha value is -1.07. The molecule has 0 aromatic heterocycles. The Bertz CT molecular complexity index is 486. The van der Waals surface area contributed by atoms with Crippen LogP contribution in [0.5, 0.6) is 0 Å². The van der Waals surface area contributed by atoms with Gasteiger partial charge in [0.25, 0.3) is 0 Å². The molecule has 1 fully saturated rings. The Morgan fingerprint density at radius 3 is 2.60 bits per heavy atom. The third-order valence-electron chi connectivity index (χ3n) is 3.77. The SMILES string of the molecule is CSC1(CNC(=O)C(Cc2ccccc2)C(N)=S)CC1. The van der Waals surface area contributed by atoms with Gasteiger partial charge < -0.3 is 11.1 Å². The number of benzene rings is 1. The number of amides is 1. The summed E-state index contributed by atoms with van der Waals surface area (Å²) in [5.74, 6) is -0.480. The van der Waals surface area contributed by atoms with Crippen molar-refractivity contribution < 1.29 is 4.79 Å². The Balaban J connectivity index is 1.94. The van der Waals surface area contributed by atoms with Gasteiger partial charge >= 0.3 is 0 Å². The van der Waals surface area contributed by atoms with E-state index in [4.69, 9.17) is 18.0 Å². The number of carbonyl (C=O) groups is 1. The van der Waals surface area contributed by atoms with Gasteiger partial charge in [0.2, 0.25) is 5.91 Å². The van der Waals surface area contributed by atoms with E-state index in [2.05, 4.69) is 11.6 Å². The molecule has 0 spiro atoms. The molecule has 2 rings (SSSR count). The molecule has 0 bridgehead atoms. The fourth-order valence-electron chi connectivity index (χ4n) is 2.14. The molecule has 1 unspecified atom stereocenters. The van der Waals surface area contributed by atoms with Gasteiger partial charge in [-0.1, -0.05) is 42.5 Å². The summed E-state index contributed by atoms with van der Waals surface area (Å²) in [4.78, 5) is 12.6. The number of thiocarbonyl (C=S) groups is 1. The van der Waals surface area contributed by atoms with Crippen molar-refractivity contribution in [2.45, 2.75) is 24.0 Å². The average molecular weight is 308 g/mol. The summed E-state index contributed by atoms with van der Waals surface area (Å²) in [7, 11) is 0. The predicted molar refractivity (Wildman–Crippen MR) is 88.9 cm³/mol. The molecule has 0 radical (unpaired) electrons. The van der Waals surface area contributed by atoms with Crippen LogP contribution in [-0.4, -0.2) is 28.4 Å². The van der Waals surface area contributed by atoms with Gasteiger partial charge in [0.05, 0.1) is 10.9 Å². The number of rotatable bonds is 7. The number of nitrogens with one attached hydrogen (secondary N) is 1. The van der Waals surface area contributed by atoms with Crippen LogP contribution in [0.1, 0.15) is 18.4 Å². The van der Waals surface area contributed by atoms with Gasteiger partial charge in [-0.3, -0.25) is 4.79 Å². The van der Waals surface area contributed by atoms with E-state index in [0.29, 0.717) is 13.0 Å². The van der Waals surface area contributed by atoms with Crippen LogP contribution in [0.25, 0.3) is 0 Å². The minimum absolute atomic E-state index is 0.0540. The van der Waals surface area contributed by atoms with Crippen LogP contribution in [0, 0.1) is 5.92 Å². The second kappa shape index (κ2) is 6.59. The summed E-state index contributed by atoms with van der Waals surface area (Å²) < 4.78 is 0.253. The first-order valence-electron chi connectivity index (χ1n) is 6.72. The van der Waals surface area contributed by atoms with Gasteiger partial charge in [-0.2, -0.15) is 11.8 Å². The molecule has 0 aliphatic heterocycles. The highest BCUT2D eigenvalue weighted by molar-refractivity contribution is 8.00. The van der Waals surface area contributed by atoms with E-state index in [0.717, 1.165) is 5.56 Å². The van der Waals surface area contributed by atoms with Crippen molar-refractivity contribution in [2.24, 2.45) is 11.7 Å². The molecule has 1 saturated carbocycles. The molecule has 1 aromatic carbocycles. The summed E-state index contributed by atoms with van der Waals surface area (Å²) in [6.07, 6.45) is 5.00. The van der Waals surface area contributed by atoms with Crippen molar-refractivity contribution >= 4 is 34.9 Å². The molecule has 1 aromatic rings. The fraction of sp³-hybridized carbons (Fsp3) is 0.467. The summed E-state index contributed by atoms with van der Waals surface area (Å²) in [5, 5.41) is 3.01. The van der Waals surface area contributed by atoms with Crippen LogP contribution in [0.4, 0.5) is 0 Å². The van der Waals surface area contributed by atoms with E-state index in [1.165, 1.54) is 12.8 Å². The highest BCUT2D eigenvalue weighted by Crippen LogP contribution is 2.46. The first kappa shape index (κ1) is 15.3. The quantitative estimate of drug-likeness (QED) is 0.758. The van der Waals surface area contributed by atoms with E-state index in [-0.39, 0.29) is 15.6 Å². The van der Waals surface area contributed by atoms with E-state index >= 15 is 0 Å². The van der Waals surface area contributed by atoms with Crippen molar-refractivity contribution in [3.05, 3.63) is 35.9 Å². The Labute approximate surface area is 129 Å². The molecule has 0 saturated heterocycles. The van der Waals surface area contributed by atoms with E-state index in [1.807, 2.05) is 42.1 Å². The Morgan fingerprint density at radius 1 is 1.45 bits per heavy atom. The minimum Gasteiger partial charge on any atom is -0.393 e.